The Morgan fingerprint density at radius 1 is 0.900 bits per heavy atom. The normalized spacial score (nSPS) is 13.9. The third-order valence-corrected chi connectivity index (χ3v) is 8.13. The minimum atomic E-state index is 0.0915. The van der Waals surface area contributed by atoms with E-state index in [0.717, 1.165) is 66.2 Å². The molecule has 0 bridgehead atoms. The number of aromatic nitrogens is 3. The highest BCUT2D eigenvalue weighted by atomic mass is 32.1. The topological polar surface area (TPSA) is 66.3 Å². The molecule has 0 unspecified atom stereocenters. The molecule has 1 N–H and O–H groups in total. The standard InChI is InChI=1S/C32H32N6OS/c1-24-28(31(39)37-17-15-36(16-18-37)21-25-9-4-2-5-10-25)19-30(38(24)22-26-11-6-3-7-12-26)29-23-40-32(35-29)34-27-13-8-14-33-20-27/h2-14,19-20,23H,15-18,21-22H2,1H3,(H,34,35). The lowest BCUT2D eigenvalue weighted by Crippen LogP contribution is -2.48. The Morgan fingerprint density at radius 3 is 2.27 bits per heavy atom. The average Bonchev–Trinajstić information content (AvgIpc) is 3.59. The second-order valence-corrected chi connectivity index (χ2v) is 10.9. The van der Waals surface area contributed by atoms with Gasteiger partial charge in [-0.2, -0.15) is 0 Å². The minimum absolute atomic E-state index is 0.0915. The molecule has 1 fully saturated rings. The summed E-state index contributed by atoms with van der Waals surface area (Å²) >= 11 is 1.54. The lowest BCUT2D eigenvalue weighted by molar-refractivity contribution is 0.0627. The van der Waals surface area contributed by atoms with E-state index >= 15 is 0 Å². The van der Waals surface area contributed by atoms with Crippen LogP contribution in [0.15, 0.2) is 96.6 Å². The Kier molecular flexibility index (Phi) is 7.70. The van der Waals surface area contributed by atoms with Crippen molar-refractivity contribution in [1.29, 1.82) is 0 Å². The van der Waals surface area contributed by atoms with Crippen LogP contribution < -0.4 is 5.32 Å². The molecule has 5 aromatic rings. The molecule has 0 atom stereocenters. The lowest BCUT2D eigenvalue weighted by Gasteiger charge is -2.34. The van der Waals surface area contributed by atoms with Crippen LogP contribution in [0.1, 0.15) is 27.2 Å². The van der Waals surface area contributed by atoms with Gasteiger partial charge in [0.1, 0.15) is 0 Å². The first-order valence-electron chi connectivity index (χ1n) is 13.6. The second kappa shape index (κ2) is 11.9. The molecule has 0 aliphatic carbocycles. The summed E-state index contributed by atoms with van der Waals surface area (Å²) in [5, 5.41) is 6.17. The van der Waals surface area contributed by atoms with Gasteiger partial charge in [-0.3, -0.25) is 14.7 Å². The number of benzene rings is 2. The highest BCUT2D eigenvalue weighted by molar-refractivity contribution is 7.14. The number of carbonyl (C=O) groups excluding carboxylic acids is 1. The molecule has 0 saturated carbocycles. The number of amides is 1. The second-order valence-electron chi connectivity index (χ2n) is 10.1. The van der Waals surface area contributed by atoms with Crippen LogP contribution >= 0.6 is 11.3 Å². The van der Waals surface area contributed by atoms with Crippen molar-refractivity contribution in [3.8, 4) is 11.4 Å². The van der Waals surface area contributed by atoms with E-state index in [1.54, 1.807) is 23.7 Å². The predicted molar refractivity (Wildman–Crippen MR) is 161 cm³/mol. The predicted octanol–water partition coefficient (Wildman–Crippen LogP) is 6.06. The highest BCUT2D eigenvalue weighted by Crippen LogP contribution is 2.31. The lowest BCUT2D eigenvalue weighted by atomic mass is 10.1. The minimum Gasteiger partial charge on any atom is -0.338 e. The Labute approximate surface area is 238 Å². The van der Waals surface area contributed by atoms with E-state index in [2.05, 4.69) is 56.2 Å². The molecule has 2 aromatic carbocycles. The number of pyridine rings is 1. The van der Waals surface area contributed by atoms with Crippen molar-refractivity contribution in [3.63, 3.8) is 0 Å². The number of anilines is 2. The number of nitrogens with zero attached hydrogens (tertiary/aromatic N) is 5. The van der Waals surface area contributed by atoms with Crippen LogP contribution in [0.3, 0.4) is 0 Å². The van der Waals surface area contributed by atoms with Crippen LogP contribution in [-0.2, 0) is 13.1 Å². The van der Waals surface area contributed by atoms with Crippen molar-refractivity contribution < 1.29 is 4.79 Å². The van der Waals surface area contributed by atoms with Crippen molar-refractivity contribution in [2.45, 2.75) is 20.0 Å². The summed E-state index contributed by atoms with van der Waals surface area (Å²) in [6, 6.07) is 26.8. The Morgan fingerprint density at radius 2 is 1.60 bits per heavy atom. The summed E-state index contributed by atoms with van der Waals surface area (Å²) in [5.41, 5.74) is 6.88. The average molecular weight is 549 g/mol. The highest BCUT2D eigenvalue weighted by Gasteiger charge is 2.27. The van der Waals surface area contributed by atoms with Gasteiger partial charge in [0.25, 0.3) is 5.91 Å². The Balaban J connectivity index is 1.24. The van der Waals surface area contributed by atoms with Crippen LogP contribution in [0.5, 0.6) is 0 Å². The fourth-order valence-corrected chi connectivity index (χ4v) is 5.90. The Bertz CT molecular complexity index is 1560. The van der Waals surface area contributed by atoms with Crippen LogP contribution in [0.25, 0.3) is 11.4 Å². The van der Waals surface area contributed by atoms with E-state index in [1.807, 2.05) is 59.7 Å². The molecule has 8 heteroatoms. The number of rotatable bonds is 8. The van der Waals surface area contributed by atoms with Crippen LogP contribution in [0, 0.1) is 6.92 Å². The van der Waals surface area contributed by atoms with E-state index in [0.29, 0.717) is 6.54 Å². The van der Waals surface area contributed by atoms with Gasteiger partial charge in [-0.1, -0.05) is 60.7 Å². The summed E-state index contributed by atoms with van der Waals surface area (Å²) in [6.45, 7) is 6.81. The van der Waals surface area contributed by atoms with Gasteiger partial charge in [-0.05, 0) is 36.2 Å². The third-order valence-electron chi connectivity index (χ3n) is 7.37. The van der Waals surface area contributed by atoms with Crippen LogP contribution in [0.2, 0.25) is 0 Å². The maximum Gasteiger partial charge on any atom is 0.255 e. The molecule has 4 heterocycles. The first-order chi connectivity index (χ1) is 19.6. The number of hydrogen-bond donors (Lipinski definition) is 1. The summed E-state index contributed by atoms with van der Waals surface area (Å²) in [4.78, 5) is 27.3. The van der Waals surface area contributed by atoms with Crippen molar-refractivity contribution in [3.05, 3.63) is 119 Å². The molecule has 202 valence electrons. The zero-order valence-corrected chi connectivity index (χ0v) is 23.3. The zero-order valence-electron chi connectivity index (χ0n) is 22.5. The third kappa shape index (κ3) is 5.83. The van der Waals surface area contributed by atoms with E-state index < -0.39 is 0 Å². The number of thiazole rings is 1. The summed E-state index contributed by atoms with van der Waals surface area (Å²) in [7, 11) is 0. The van der Waals surface area contributed by atoms with E-state index in [9.17, 15) is 4.79 Å². The zero-order chi connectivity index (χ0) is 27.3. The maximum atomic E-state index is 13.8. The monoisotopic (exact) mass is 548 g/mol. The molecule has 1 amide bonds. The first kappa shape index (κ1) is 26.0. The molecule has 0 radical (unpaired) electrons. The van der Waals surface area contributed by atoms with Gasteiger partial charge >= 0.3 is 0 Å². The van der Waals surface area contributed by atoms with Gasteiger partial charge < -0.3 is 14.8 Å². The number of nitrogens with one attached hydrogen (secondary N) is 1. The molecule has 7 nitrogen and oxygen atoms in total. The Hall–Kier alpha value is -4.27. The molecule has 1 saturated heterocycles. The maximum absolute atomic E-state index is 13.8. The van der Waals surface area contributed by atoms with E-state index in [4.69, 9.17) is 4.98 Å². The molecule has 1 aliphatic rings. The summed E-state index contributed by atoms with van der Waals surface area (Å²) < 4.78 is 2.22. The van der Waals surface area contributed by atoms with Crippen LogP contribution in [0.4, 0.5) is 10.8 Å². The fourth-order valence-electron chi connectivity index (χ4n) is 5.17. The van der Waals surface area contributed by atoms with Crippen molar-refractivity contribution >= 4 is 28.1 Å². The van der Waals surface area contributed by atoms with Crippen molar-refractivity contribution in [2.24, 2.45) is 0 Å². The quantitative estimate of drug-likeness (QED) is 0.255. The van der Waals surface area contributed by atoms with Gasteiger partial charge in [0.05, 0.1) is 28.8 Å². The largest absolute Gasteiger partial charge is 0.338 e. The first-order valence-corrected chi connectivity index (χ1v) is 14.4. The van der Waals surface area contributed by atoms with Crippen molar-refractivity contribution in [2.75, 3.05) is 31.5 Å². The number of piperazine rings is 1. The number of hydrogen-bond acceptors (Lipinski definition) is 6. The molecule has 6 rings (SSSR count). The van der Waals surface area contributed by atoms with E-state index in [1.165, 1.54) is 11.1 Å². The van der Waals surface area contributed by atoms with Crippen molar-refractivity contribution in [1.82, 2.24) is 24.3 Å². The van der Waals surface area contributed by atoms with Gasteiger partial charge in [0, 0.05) is 56.5 Å². The van der Waals surface area contributed by atoms with Gasteiger partial charge in [-0.15, -0.1) is 11.3 Å². The molecule has 3 aromatic heterocycles. The molecular formula is C32H32N6OS. The molecule has 0 spiro atoms. The molecular weight excluding hydrogens is 516 g/mol. The van der Waals surface area contributed by atoms with Crippen LogP contribution in [-0.4, -0.2) is 56.4 Å². The molecule has 1 aliphatic heterocycles. The van der Waals surface area contributed by atoms with Gasteiger partial charge in [0.2, 0.25) is 0 Å². The molecule has 40 heavy (non-hydrogen) atoms. The van der Waals surface area contributed by atoms with Gasteiger partial charge in [0.15, 0.2) is 5.13 Å². The summed E-state index contributed by atoms with van der Waals surface area (Å²) in [5.74, 6) is 0.0915. The van der Waals surface area contributed by atoms with Gasteiger partial charge in [-0.25, -0.2) is 4.98 Å². The number of carbonyl (C=O) groups is 1. The fraction of sp³-hybridized carbons (Fsp3) is 0.219. The SMILES string of the molecule is Cc1c(C(=O)N2CCN(Cc3ccccc3)CC2)cc(-c2csc(Nc3cccnc3)n2)n1Cc1ccccc1. The smallest absolute Gasteiger partial charge is 0.255 e. The summed E-state index contributed by atoms with van der Waals surface area (Å²) in [6.07, 6.45) is 3.53. The van der Waals surface area contributed by atoms with E-state index in [-0.39, 0.29) is 5.91 Å².